The van der Waals surface area contributed by atoms with Gasteiger partial charge in [0.2, 0.25) is 0 Å². The molecule has 2 atom stereocenters. The fourth-order valence-electron chi connectivity index (χ4n) is 5.66. The van der Waals surface area contributed by atoms with Crippen LogP contribution in [0.1, 0.15) is 55.4 Å². The second-order valence-corrected chi connectivity index (χ2v) is 10.7. The molecule has 3 aromatic carbocycles. The van der Waals surface area contributed by atoms with E-state index in [4.69, 9.17) is 15.0 Å². The largest absolute Gasteiger partial charge is 0.480 e. The van der Waals surface area contributed by atoms with E-state index >= 15 is 0 Å². The van der Waals surface area contributed by atoms with Crippen LogP contribution in [0.3, 0.4) is 0 Å². The Hall–Kier alpha value is -4.63. The van der Waals surface area contributed by atoms with E-state index in [1.807, 2.05) is 54.6 Å². The summed E-state index contributed by atoms with van der Waals surface area (Å²) in [6, 6.07) is 20.0. The number of aliphatic hydroxyl groups excluding tert-OH is 1. The van der Waals surface area contributed by atoms with Crippen LogP contribution in [0.15, 0.2) is 72.9 Å². The molecular formula is C32H31N5O4. The summed E-state index contributed by atoms with van der Waals surface area (Å²) < 4.78 is 2.28. The molecule has 0 aliphatic heterocycles. The third-order valence-corrected chi connectivity index (χ3v) is 7.80. The number of carbonyl (C=O) groups excluding carboxylic acids is 1. The number of aliphatic carboxylic acids is 1. The fourth-order valence-corrected chi connectivity index (χ4v) is 5.66. The summed E-state index contributed by atoms with van der Waals surface area (Å²) in [4.78, 5) is 38.9. The number of amides is 1. The van der Waals surface area contributed by atoms with Gasteiger partial charge in [-0.25, -0.2) is 14.8 Å². The Kier molecular flexibility index (Phi) is 7.19. The minimum absolute atomic E-state index is 0.275. The zero-order valence-electron chi connectivity index (χ0n) is 22.7. The Morgan fingerprint density at radius 2 is 1.68 bits per heavy atom. The molecule has 2 heterocycles. The van der Waals surface area contributed by atoms with Gasteiger partial charge in [0, 0.05) is 22.7 Å². The van der Waals surface area contributed by atoms with Gasteiger partial charge in [-0.1, -0.05) is 49.6 Å². The molecule has 0 radical (unpaired) electrons. The summed E-state index contributed by atoms with van der Waals surface area (Å²) in [5, 5.41) is 21.6. The monoisotopic (exact) mass is 549 g/mol. The normalized spacial score (nSPS) is 15.6. The van der Waals surface area contributed by atoms with Crippen molar-refractivity contribution in [1.82, 2.24) is 24.8 Å². The van der Waals surface area contributed by atoms with Crippen molar-refractivity contribution < 1.29 is 19.8 Å². The lowest BCUT2D eigenvalue weighted by Gasteiger charge is -2.25. The number of carboxylic acids is 1. The molecule has 9 nitrogen and oxygen atoms in total. The minimum atomic E-state index is -1.41. The Morgan fingerprint density at radius 3 is 2.41 bits per heavy atom. The lowest BCUT2D eigenvalue weighted by molar-refractivity contribution is -0.141. The van der Waals surface area contributed by atoms with Crippen LogP contribution in [0.4, 0.5) is 0 Å². The molecule has 0 unspecified atom stereocenters. The second kappa shape index (κ2) is 11.1. The van der Waals surface area contributed by atoms with E-state index in [2.05, 4.69) is 9.88 Å². The predicted octanol–water partition coefficient (Wildman–Crippen LogP) is 5.38. The number of aromatic nitrogens is 4. The number of nitrogens with zero attached hydrogens (tertiary/aromatic N) is 4. The molecule has 3 N–H and O–H groups in total. The van der Waals surface area contributed by atoms with E-state index in [1.165, 1.54) is 13.3 Å². The number of fused-ring (bicyclic) bond motifs is 2. The van der Waals surface area contributed by atoms with Gasteiger partial charge in [0.15, 0.2) is 6.04 Å². The first-order valence-corrected chi connectivity index (χ1v) is 14.0. The maximum absolute atomic E-state index is 12.9. The van der Waals surface area contributed by atoms with Crippen molar-refractivity contribution in [1.29, 1.82) is 0 Å². The average Bonchev–Trinajstić information content (AvgIpc) is 3.38. The van der Waals surface area contributed by atoms with Crippen molar-refractivity contribution in [2.24, 2.45) is 0 Å². The number of aliphatic hydroxyl groups is 1. The van der Waals surface area contributed by atoms with Crippen LogP contribution >= 0.6 is 0 Å². The molecule has 1 fully saturated rings. The summed E-state index contributed by atoms with van der Waals surface area (Å²) in [6.07, 6.45) is 6.14. The van der Waals surface area contributed by atoms with Gasteiger partial charge in [-0.05, 0) is 56.2 Å². The van der Waals surface area contributed by atoms with Gasteiger partial charge in [0.05, 0.1) is 40.1 Å². The summed E-state index contributed by atoms with van der Waals surface area (Å²) in [5.74, 6) is -1.08. The van der Waals surface area contributed by atoms with Crippen molar-refractivity contribution >= 4 is 33.9 Å². The van der Waals surface area contributed by atoms with Crippen molar-refractivity contribution in [3.05, 3.63) is 78.5 Å². The summed E-state index contributed by atoms with van der Waals surface area (Å²) in [5.41, 5.74) is 6.13. The number of nitrogens with one attached hydrogen (secondary N) is 1. The lowest BCUT2D eigenvalue weighted by atomic mass is 9.94. The van der Waals surface area contributed by atoms with Gasteiger partial charge in [0.25, 0.3) is 5.91 Å². The van der Waals surface area contributed by atoms with Crippen molar-refractivity contribution in [2.45, 2.75) is 57.2 Å². The first-order valence-electron chi connectivity index (χ1n) is 14.0. The molecule has 1 aliphatic carbocycles. The number of hydrogen-bond acceptors (Lipinski definition) is 6. The summed E-state index contributed by atoms with van der Waals surface area (Å²) >= 11 is 0. The van der Waals surface area contributed by atoms with Crippen LogP contribution in [-0.2, 0) is 4.79 Å². The van der Waals surface area contributed by atoms with Crippen molar-refractivity contribution in [3.8, 4) is 22.6 Å². The Balaban J connectivity index is 1.41. The van der Waals surface area contributed by atoms with Crippen LogP contribution in [0.5, 0.6) is 0 Å². The highest BCUT2D eigenvalue weighted by Crippen LogP contribution is 2.37. The van der Waals surface area contributed by atoms with Crippen molar-refractivity contribution in [3.63, 3.8) is 0 Å². The predicted molar refractivity (Wildman–Crippen MR) is 156 cm³/mol. The van der Waals surface area contributed by atoms with Gasteiger partial charge in [-0.15, -0.1) is 0 Å². The molecule has 2 aromatic heterocycles. The molecule has 0 spiro atoms. The third-order valence-electron chi connectivity index (χ3n) is 7.80. The maximum Gasteiger partial charge on any atom is 0.328 e. The topological polar surface area (TPSA) is 130 Å². The summed E-state index contributed by atoms with van der Waals surface area (Å²) in [7, 11) is 0. The van der Waals surface area contributed by atoms with Crippen LogP contribution in [-0.4, -0.2) is 53.8 Å². The number of carbonyl (C=O) groups is 2. The smallest absolute Gasteiger partial charge is 0.328 e. The van der Waals surface area contributed by atoms with E-state index in [-0.39, 0.29) is 11.6 Å². The molecule has 1 aliphatic rings. The third kappa shape index (κ3) is 5.28. The first-order chi connectivity index (χ1) is 19.9. The van der Waals surface area contributed by atoms with Gasteiger partial charge < -0.3 is 20.1 Å². The number of carboxylic acid groups (broad SMARTS) is 1. The molecule has 0 saturated heterocycles. The SMILES string of the molecule is C[C@@H](O)[C@H](NC(=O)c1ccc2c(c1)nc(-c1ccc3nc(-c4ccccc4)cnc3c1)n2C1CCCCC1)C(=O)O. The zero-order valence-corrected chi connectivity index (χ0v) is 22.7. The molecule has 9 heteroatoms. The van der Waals surface area contributed by atoms with Gasteiger partial charge in [0.1, 0.15) is 5.82 Å². The molecular weight excluding hydrogens is 518 g/mol. The highest BCUT2D eigenvalue weighted by Gasteiger charge is 2.27. The fraction of sp³-hybridized carbons (Fsp3) is 0.281. The van der Waals surface area contributed by atoms with E-state index < -0.39 is 24.0 Å². The van der Waals surface area contributed by atoms with Crippen LogP contribution < -0.4 is 5.32 Å². The summed E-state index contributed by atoms with van der Waals surface area (Å²) in [6.45, 7) is 1.33. The number of imidazole rings is 1. The quantitative estimate of drug-likeness (QED) is 0.248. The number of benzene rings is 3. The number of hydrogen-bond donors (Lipinski definition) is 3. The molecule has 1 saturated carbocycles. The highest BCUT2D eigenvalue weighted by molar-refractivity contribution is 5.99. The van der Waals surface area contributed by atoms with Gasteiger partial charge >= 0.3 is 5.97 Å². The highest BCUT2D eigenvalue weighted by atomic mass is 16.4. The van der Waals surface area contributed by atoms with Gasteiger partial charge in [-0.2, -0.15) is 0 Å². The van der Waals surface area contributed by atoms with Gasteiger partial charge in [-0.3, -0.25) is 9.78 Å². The first kappa shape index (κ1) is 26.6. The maximum atomic E-state index is 12.9. The Morgan fingerprint density at radius 1 is 0.902 bits per heavy atom. The van der Waals surface area contributed by atoms with E-state index in [0.717, 1.165) is 64.9 Å². The Labute approximate surface area is 236 Å². The van der Waals surface area contributed by atoms with E-state index in [9.17, 15) is 19.8 Å². The average molecular weight is 550 g/mol. The number of rotatable bonds is 7. The molecule has 5 aromatic rings. The van der Waals surface area contributed by atoms with Crippen molar-refractivity contribution in [2.75, 3.05) is 0 Å². The molecule has 6 rings (SSSR count). The molecule has 1 amide bonds. The van der Waals surface area contributed by atoms with E-state index in [0.29, 0.717) is 5.52 Å². The molecule has 208 valence electrons. The minimum Gasteiger partial charge on any atom is -0.480 e. The standard InChI is InChI=1S/C32H31N5O4/c1-19(38)29(32(40)41)36-31(39)22-13-15-28-26(17-22)35-30(37(28)23-10-6-3-7-11-23)21-12-14-24-25(16-21)33-18-27(34-24)20-8-4-2-5-9-20/h2,4-5,8-9,12-19,23,29,38H,3,6-7,10-11H2,1H3,(H,36,39)(H,40,41)/t19-,29+/m1/s1. The lowest BCUT2D eigenvalue weighted by Crippen LogP contribution is -2.47. The molecule has 0 bridgehead atoms. The van der Waals surface area contributed by atoms with Crippen LogP contribution in [0, 0.1) is 0 Å². The van der Waals surface area contributed by atoms with E-state index in [1.54, 1.807) is 18.3 Å². The molecule has 41 heavy (non-hydrogen) atoms. The zero-order chi connectivity index (χ0) is 28.5. The second-order valence-electron chi connectivity index (χ2n) is 10.7. The van der Waals surface area contributed by atoms with Crippen LogP contribution in [0.25, 0.3) is 44.7 Å². The van der Waals surface area contributed by atoms with Crippen LogP contribution in [0.2, 0.25) is 0 Å². The Bertz CT molecular complexity index is 1740.